The molecule has 0 bridgehead atoms. The predicted octanol–water partition coefficient (Wildman–Crippen LogP) is 2.14. The molecule has 8 nitrogen and oxygen atoms in total. The Bertz CT molecular complexity index is 617. The third-order valence-electron chi connectivity index (χ3n) is 2.96. The van der Waals surface area contributed by atoms with Gasteiger partial charge in [0.15, 0.2) is 6.61 Å². The SMILES string of the molecule is CC(C)(C)OC(=O)N[C@@H](C(=O)OCC(=O)c1cnccn1)C(C)(C)C. The van der Waals surface area contributed by atoms with Gasteiger partial charge in [-0.1, -0.05) is 20.8 Å². The van der Waals surface area contributed by atoms with E-state index in [-0.39, 0.29) is 5.69 Å². The van der Waals surface area contributed by atoms with E-state index in [2.05, 4.69) is 15.3 Å². The minimum absolute atomic E-state index is 0.0997. The van der Waals surface area contributed by atoms with E-state index in [1.165, 1.54) is 18.6 Å². The Labute approximate surface area is 147 Å². The molecule has 1 aromatic rings. The first-order valence-electron chi connectivity index (χ1n) is 7.85. The van der Waals surface area contributed by atoms with Crippen molar-refractivity contribution in [1.29, 1.82) is 0 Å². The lowest BCUT2D eigenvalue weighted by atomic mass is 9.87. The number of carbonyl (C=O) groups is 3. The minimum atomic E-state index is -0.975. The molecule has 0 aliphatic heterocycles. The van der Waals surface area contributed by atoms with Gasteiger partial charge in [-0.05, 0) is 26.2 Å². The van der Waals surface area contributed by atoms with Crippen LogP contribution in [0.3, 0.4) is 0 Å². The van der Waals surface area contributed by atoms with Crippen molar-refractivity contribution in [2.75, 3.05) is 6.61 Å². The van der Waals surface area contributed by atoms with Gasteiger partial charge in [0.25, 0.3) is 0 Å². The van der Waals surface area contributed by atoms with Crippen LogP contribution in [0.1, 0.15) is 52.0 Å². The molecule has 0 saturated carbocycles. The number of alkyl carbamates (subject to hydrolysis) is 1. The lowest BCUT2D eigenvalue weighted by Gasteiger charge is -2.30. The standard InChI is InChI=1S/C17H25N3O5/c1-16(2,3)13(20-15(23)25-17(4,5)6)14(22)24-10-12(21)11-9-18-7-8-19-11/h7-9,13H,10H2,1-6H3,(H,20,23)/t13-/m0/s1. The van der Waals surface area contributed by atoms with Gasteiger partial charge in [-0.15, -0.1) is 0 Å². The molecule has 0 aliphatic rings. The van der Waals surface area contributed by atoms with Crippen LogP contribution >= 0.6 is 0 Å². The third kappa shape index (κ3) is 7.28. The van der Waals surface area contributed by atoms with Crippen molar-refractivity contribution < 1.29 is 23.9 Å². The number of amides is 1. The summed E-state index contributed by atoms with van der Waals surface area (Å²) in [5.41, 5.74) is -1.23. The van der Waals surface area contributed by atoms with Gasteiger partial charge >= 0.3 is 12.1 Å². The number of nitrogens with zero attached hydrogens (tertiary/aromatic N) is 2. The van der Waals surface area contributed by atoms with E-state index in [4.69, 9.17) is 9.47 Å². The first kappa shape index (κ1) is 20.5. The molecule has 8 heteroatoms. The minimum Gasteiger partial charge on any atom is -0.456 e. The van der Waals surface area contributed by atoms with Crippen molar-refractivity contribution in [1.82, 2.24) is 15.3 Å². The van der Waals surface area contributed by atoms with Crippen molar-refractivity contribution in [3.63, 3.8) is 0 Å². The lowest BCUT2D eigenvalue weighted by molar-refractivity contribution is -0.147. The fraction of sp³-hybridized carbons (Fsp3) is 0.588. The molecule has 0 radical (unpaired) electrons. The van der Waals surface area contributed by atoms with E-state index in [0.29, 0.717) is 0 Å². The maximum Gasteiger partial charge on any atom is 0.408 e. The smallest absolute Gasteiger partial charge is 0.408 e. The van der Waals surface area contributed by atoms with Crippen LogP contribution in [0, 0.1) is 5.41 Å². The van der Waals surface area contributed by atoms with Crippen LogP contribution in [0.5, 0.6) is 0 Å². The molecule has 1 N–H and O–H groups in total. The fourth-order valence-electron chi connectivity index (χ4n) is 1.79. The molecular weight excluding hydrogens is 326 g/mol. The molecule has 0 saturated heterocycles. The van der Waals surface area contributed by atoms with Crippen LogP contribution in [0.4, 0.5) is 4.79 Å². The number of Topliss-reactive ketones (excluding diaryl/α,β-unsaturated/α-hetero) is 1. The zero-order valence-corrected chi connectivity index (χ0v) is 15.5. The number of nitrogens with one attached hydrogen (secondary N) is 1. The van der Waals surface area contributed by atoms with Crippen LogP contribution in [0.25, 0.3) is 0 Å². The van der Waals surface area contributed by atoms with Gasteiger partial charge in [0.2, 0.25) is 5.78 Å². The van der Waals surface area contributed by atoms with Crippen molar-refractivity contribution >= 4 is 17.8 Å². The second kappa shape index (κ2) is 8.04. The van der Waals surface area contributed by atoms with Crippen LogP contribution in [0.2, 0.25) is 0 Å². The molecule has 0 aliphatic carbocycles. The number of rotatable bonds is 5. The Morgan fingerprint density at radius 2 is 1.76 bits per heavy atom. The maximum absolute atomic E-state index is 12.3. The Hall–Kier alpha value is -2.51. The highest BCUT2D eigenvalue weighted by Gasteiger charge is 2.35. The molecule has 1 amide bonds. The van der Waals surface area contributed by atoms with Crippen molar-refractivity contribution in [2.45, 2.75) is 53.2 Å². The van der Waals surface area contributed by atoms with E-state index in [1.807, 2.05) is 0 Å². The summed E-state index contributed by atoms with van der Waals surface area (Å²) in [6.45, 7) is 9.96. The average molecular weight is 351 g/mol. The second-order valence-corrected chi connectivity index (χ2v) is 7.57. The zero-order chi connectivity index (χ0) is 19.3. The molecule has 1 aromatic heterocycles. The highest BCUT2D eigenvalue weighted by Crippen LogP contribution is 2.21. The number of ether oxygens (including phenoxy) is 2. The van der Waals surface area contributed by atoms with Crippen molar-refractivity contribution in [3.8, 4) is 0 Å². The molecule has 1 heterocycles. The summed E-state index contributed by atoms with van der Waals surface area (Å²) in [7, 11) is 0. The summed E-state index contributed by atoms with van der Waals surface area (Å²) in [5.74, 6) is -1.21. The summed E-state index contributed by atoms with van der Waals surface area (Å²) in [4.78, 5) is 43.9. The molecular formula is C17H25N3O5. The number of hydrogen-bond donors (Lipinski definition) is 1. The highest BCUT2D eigenvalue weighted by molar-refractivity contribution is 5.96. The third-order valence-corrected chi connectivity index (χ3v) is 2.96. The van der Waals surface area contributed by atoms with Crippen LogP contribution in [0.15, 0.2) is 18.6 Å². The number of carbonyl (C=O) groups excluding carboxylic acids is 3. The fourth-order valence-corrected chi connectivity index (χ4v) is 1.79. The van der Waals surface area contributed by atoms with Crippen LogP contribution in [-0.4, -0.2) is 46.1 Å². The summed E-state index contributed by atoms with van der Waals surface area (Å²) in [6.07, 6.45) is 3.36. The average Bonchev–Trinajstić information content (AvgIpc) is 2.48. The van der Waals surface area contributed by atoms with E-state index >= 15 is 0 Å². The number of ketones is 1. The van der Waals surface area contributed by atoms with Gasteiger partial charge in [-0.3, -0.25) is 9.78 Å². The van der Waals surface area contributed by atoms with E-state index in [1.54, 1.807) is 41.5 Å². The summed E-state index contributed by atoms with van der Waals surface area (Å²) >= 11 is 0. The van der Waals surface area contributed by atoms with Gasteiger partial charge < -0.3 is 14.8 Å². The Kier molecular flexibility index (Phi) is 6.61. The Morgan fingerprint density at radius 1 is 1.12 bits per heavy atom. The Balaban J connectivity index is 2.71. The molecule has 138 valence electrons. The largest absolute Gasteiger partial charge is 0.456 e. The quantitative estimate of drug-likeness (QED) is 0.639. The topological polar surface area (TPSA) is 107 Å². The van der Waals surface area contributed by atoms with E-state index in [9.17, 15) is 14.4 Å². The first-order valence-corrected chi connectivity index (χ1v) is 7.85. The molecule has 0 unspecified atom stereocenters. The van der Waals surface area contributed by atoms with Crippen molar-refractivity contribution in [3.05, 3.63) is 24.3 Å². The number of esters is 1. The highest BCUT2D eigenvalue weighted by atomic mass is 16.6. The molecule has 1 rings (SSSR count). The first-order chi connectivity index (χ1) is 11.4. The maximum atomic E-state index is 12.3. The molecule has 0 spiro atoms. The van der Waals surface area contributed by atoms with E-state index in [0.717, 1.165) is 0 Å². The zero-order valence-electron chi connectivity index (χ0n) is 15.5. The van der Waals surface area contributed by atoms with Gasteiger partial charge in [0, 0.05) is 12.4 Å². The molecule has 1 atom stereocenters. The monoisotopic (exact) mass is 351 g/mol. The summed E-state index contributed by atoms with van der Waals surface area (Å²) in [6, 6.07) is -0.975. The van der Waals surface area contributed by atoms with Crippen LogP contribution in [-0.2, 0) is 14.3 Å². The number of hydrogen-bond acceptors (Lipinski definition) is 7. The summed E-state index contributed by atoms with van der Waals surface area (Å²) in [5, 5.41) is 2.50. The van der Waals surface area contributed by atoms with Gasteiger partial charge in [0.1, 0.15) is 17.3 Å². The molecule has 0 fully saturated rings. The molecule has 25 heavy (non-hydrogen) atoms. The second-order valence-electron chi connectivity index (χ2n) is 7.57. The van der Waals surface area contributed by atoms with Gasteiger partial charge in [0.05, 0.1) is 6.20 Å². The normalized spacial score (nSPS) is 12.9. The predicted molar refractivity (Wildman–Crippen MR) is 89.9 cm³/mol. The van der Waals surface area contributed by atoms with Gasteiger partial charge in [-0.25, -0.2) is 14.6 Å². The van der Waals surface area contributed by atoms with E-state index < -0.39 is 41.5 Å². The lowest BCUT2D eigenvalue weighted by Crippen LogP contribution is -2.51. The van der Waals surface area contributed by atoms with Crippen molar-refractivity contribution in [2.24, 2.45) is 5.41 Å². The van der Waals surface area contributed by atoms with Gasteiger partial charge in [-0.2, -0.15) is 0 Å². The number of aromatic nitrogens is 2. The molecule has 0 aromatic carbocycles. The van der Waals surface area contributed by atoms with Crippen LogP contribution < -0.4 is 5.32 Å². The summed E-state index contributed by atoms with van der Waals surface area (Å²) < 4.78 is 10.2. The Morgan fingerprint density at radius 3 is 2.24 bits per heavy atom.